The van der Waals surface area contributed by atoms with Crippen LogP contribution in [0.25, 0.3) is 6.08 Å². The number of benzene rings is 4. The van der Waals surface area contributed by atoms with Crippen LogP contribution in [0, 0.1) is 12.3 Å². The van der Waals surface area contributed by atoms with Gasteiger partial charge in [-0.3, -0.25) is 14.4 Å². The van der Waals surface area contributed by atoms with E-state index in [4.69, 9.17) is 23.2 Å². The Morgan fingerprint density at radius 3 is 2.08 bits per heavy atom. The molecule has 2 aliphatic heterocycles. The molecule has 0 unspecified atom stereocenters. The second-order valence-corrected chi connectivity index (χ2v) is 11.6. The van der Waals surface area contributed by atoms with Crippen LogP contribution >= 0.6 is 23.2 Å². The highest BCUT2D eigenvalue weighted by Crippen LogP contribution is 2.61. The molecule has 1 spiro atoms. The van der Waals surface area contributed by atoms with E-state index in [0.29, 0.717) is 32.3 Å². The predicted octanol–water partition coefficient (Wildman–Crippen LogP) is 7.62. The molecule has 6 heteroatoms. The van der Waals surface area contributed by atoms with Crippen LogP contribution in [0.15, 0.2) is 97.1 Å². The highest BCUT2D eigenvalue weighted by atomic mass is 35.5. The van der Waals surface area contributed by atoms with E-state index in [1.165, 1.54) is 0 Å². The molecule has 40 heavy (non-hydrogen) atoms. The molecule has 196 valence electrons. The van der Waals surface area contributed by atoms with Crippen molar-refractivity contribution in [2.75, 3.05) is 4.90 Å². The molecule has 4 aromatic carbocycles. The Hall–Kier alpha value is -3.99. The molecule has 0 saturated carbocycles. The Balaban J connectivity index is 1.54. The van der Waals surface area contributed by atoms with Gasteiger partial charge >= 0.3 is 0 Å². The normalized spacial score (nSPS) is 21.9. The standard InChI is InChI=1S/C34H23Cl2NO3/c1-19-6-8-21(9-7-19)31(38)30-29(20-10-13-23(35)14-11-20)34(32(39)25-4-2-3-5-26(25)33(34)40)28-17-12-22-18-24(36)15-16-27(22)37(28)30/h2-18,28-30H,1H3/t28-,29+,30+/m1/s1. The smallest absolute Gasteiger partial charge is 0.185 e. The van der Waals surface area contributed by atoms with Crippen LogP contribution in [0.1, 0.15) is 53.7 Å². The molecular formula is C34H23Cl2NO3. The van der Waals surface area contributed by atoms with E-state index < -0.39 is 23.4 Å². The molecule has 1 saturated heterocycles. The first-order chi connectivity index (χ1) is 19.3. The molecule has 0 bridgehead atoms. The van der Waals surface area contributed by atoms with Crippen molar-refractivity contribution < 1.29 is 14.4 Å². The topological polar surface area (TPSA) is 54.5 Å². The lowest BCUT2D eigenvalue weighted by atomic mass is 9.64. The summed E-state index contributed by atoms with van der Waals surface area (Å²) in [6.07, 6.45) is 3.80. The van der Waals surface area contributed by atoms with Gasteiger partial charge in [0, 0.05) is 38.3 Å². The summed E-state index contributed by atoms with van der Waals surface area (Å²) in [4.78, 5) is 45.8. The number of Topliss-reactive ketones (excluding diaryl/α,β-unsaturated/α-hetero) is 3. The molecule has 0 radical (unpaired) electrons. The summed E-state index contributed by atoms with van der Waals surface area (Å²) in [7, 11) is 0. The van der Waals surface area contributed by atoms with Crippen LogP contribution < -0.4 is 4.90 Å². The SMILES string of the molecule is Cc1ccc(C(=O)[C@@H]2[C@H](c3ccc(Cl)cc3)C3(C(=O)c4ccccc4C3=O)[C@H]3C=Cc4cc(Cl)ccc4N23)cc1. The van der Waals surface area contributed by atoms with Gasteiger partial charge in [-0.15, -0.1) is 0 Å². The van der Waals surface area contributed by atoms with Crippen molar-refractivity contribution in [3.63, 3.8) is 0 Å². The monoisotopic (exact) mass is 563 g/mol. The zero-order valence-corrected chi connectivity index (χ0v) is 23.0. The van der Waals surface area contributed by atoms with Gasteiger partial charge in [0.15, 0.2) is 17.3 Å². The van der Waals surface area contributed by atoms with Gasteiger partial charge in [-0.25, -0.2) is 0 Å². The molecule has 4 aromatic rings. The Morgan fingerprint density at radius 1 is 0.800 bits per heavy atom. The second kappa shape index (κ2) is 9.02. The Morgan fingerprint density at radius 2 is 1.43 bits per heavy atom. The fourth-order valence-electron chi connectivity index (χ4n) is 6.88. The molecule has 0 N–H and O–H groups in total. The van der Waals surface area contributed by atoms with E-state index in [9.17, 15) is 14.4 Å². The minimum absolute atomic E-state index is 0.158. The maximum absolute atomic E-state index is 14.6. The fraction of sp³-hybridized carbons (Fsp3) is 0.147. The van der Waals surface area contributed by atoms with Crippen molar-refractivity contribution in [2.24, 2.45) is 5.41 Å². The lowest BCUT2D eigenvalue weighted by molar-refractivity contribution is 0.0666. The first-order valence-corrected chi connectivity index (χ1v) is 13.9. The van der Waals surface area contributed by atoms with Crippen LogP contribution in [-0.2, 0) is 0 Å². The first-order valence-electron chi connectivity index (χ1n) is 13.1. The minimum atomic E-state index is -1.55. The third-order valence-corrected chi connectivity index (χ3v) is 9.09. The summed E-state index contributed by atoms with van der Waals surface area (Å²) in [5.41, 5.74) is 3.09. The van der Waals surface area contributed by atoms with Crippen molar-refractivity contribution in [3.8, 4) is 0 Å². The molecule has 1 fully saturated rings. The summed E-state index contributed by atoms with van der Waals surface area (Å²) in [6, 6.07) is 25.5. The number of nitrogens with zero attached hydrogens (tertiary/aromatic N) is 1. The zero-order chi connectivity index (χ0) is 27.8. The van der Waals surface area contributed by atoms with Gasteiger partial charge in [-0.1, -0.05) is 102 Å². The number of rotatable bonds is 3. The van der Waals surface area contributed by atoms with E-state index in [1.807, 2.05) is 72.5 Å². The third kappa shape index (κ3) is 3.36. The summed E-state index contributed by atoms with van der Waals surface area (Å²) >= 11 is 12.6. The number of fused-ring (bicyclic) bond motifs is 5. The van der Waals surface area contributed by atoms with Crippen molar-refractivity contribution in [1.29, 1.82) is 0 Å². The van der Waals surface area contributed by atoms with Crippen LogP contribution in [-0.4, -0.2) is 29.4 Å². The molecule has 1 aliphatic carbocycles. The van der Waals surface area contributed by atoms with Crippen LogP contribution in [0.2, 0.25) is 10.0 Å². The average Bonchev–Trinajstić information content (AvgIpc) is 3.39. The lowest BCUT2D eigenvalue weighted by Crippen LogP contribution is -2.48. The highest BCUT2D eigenvalue weighted by Gasteiger charge is 2.71. The van der Waals surface area contributed by atoms with Gasteiger partial charge in [0.1, 0.15) is 11.5 Å². The molecule has 3 atom stereocenters. The van der Waals surface area contributed by atoms with Crippen molar-refractivity contribution in [3.05, 3.63) is 140 Å². The molecular weight excluding hydrogens is 541 g/mol. The molecule has 4 nitrogen and oxygen atoms in total. The second-order valence-electron chi connectivity index (χ2n) is 10.7. The van der Waals surface area contributed by atoms with Gasteiger partial charge < -0.3 is 4.90 Å². The van der Waals surface area contributed by atoms with E-state index in [0.717, 1.165) is 16.8 Å². The van der Waals surface area contributed by atoms with Gasteiger partial charge in [-0.05, 0) is 48.4 Å². The number of ketones is 3. The van der Waals surface area contributed by atoms with Crippen LogP contribution in [0.5, 0.6) is 0 Å². The Kier molecular flexibility index (Phi) is 5.64. The fourth-order valence-corrected chi connectivity index (χ4v) is 7.19. The van der Waals surface area contributed by atoms with Gasteiger partial charge in [-0.2, -0.15) is 0 Å². The van der Waals surface area contributed by atoms with E-state index in [2.05, 4.69) is 0 Å². The number of carbonyl (C=O) groups excluding carboxylic acids is 3. The van der Waals surface area contributed by atoms with Crippen molar-refractivity contribution in [1.82, 2.24) is 0 Å². The maximum atomic E-state index is 14.6. The first kappa shape index (κ1) is 25.0. The number of carbonyl (C=O) groups is 3. The molecule has 0 amide bonds. The van der Waals surface area contributed by atoms with Gasteiger partial charge in [0.2, 0.25) is 0 Å². The maximum Gasteiger partial charge on any atom is 0.185 e. The third-order valence-electron chi connectivity index (χ3n) is 8.60. The minimum Gasteiger partial charge on any atom is -0.352 e. The predicted molar refractivity (Wildman–Crippen MR) is 158 cm³/mol. The van der Waals surface area contributed by atoms with E-state index in [-0.39, 0.29) is 17.3 Å². The largest absolute Gasteiger partial charge is 0.352 e. The zero-order valence-electron chi connectivity index (χ0n) is 21.5. The summed E-state index contributed by atoms with van der Waals surface area (Å²) in [6.45, 7) is 1.97. The molecule has 2 heterocycles. The van der Waals surface area contributed by atoms with E-state index >= 15 is 0 Å². The Bertz CT molecular complexity index is 1720. The van der Waals surface area contributed by atoms with Gasteiger partial charge in [0.05, 0.1) is 6.04 Å². The van der Waals surface area contributed by atoms with E-state index in [1.54, 1.807) is 42.5 Å². The summed E-state index contributed by atoms with van der Waals surface area (Å²) in [5.74, 6) is -1.45. The van der Waals surface area contributed by atoms with Crippen LogP contribution in [0.4, 0.5) is 5.69 Å². The number of aryl methyl sites for hydroxylation is 1. The number of halogens is 2. The van der Waals surface area contributed by atoms with Gasteiger partial charge in [0.25, 0.3) is 0 Å². The quantitative estimate of drug-likeness (QED) is 0.190. The number of hydrogen-bond donors (Lipinski definition) is 0. The molecule has 0 aromatic heterocycles. The average molecular weight is 564 g/mol. The molecule has 3 aliphatic rings. The summed E-state index contributed by atoms with van der Waals surface area (Å²) < 4.78 is 0. The number of anilines is 1. The van der Waals surface area contributed by atoms with Crippen molar-refractivity contribution >= 4 is 52.3 Å². The van der Waals surface area contributed by atoms with Crippen molar-refractivity contribution in [2.45, 2.75) is 24.9 Å². The lowest BCUT2D eigenvalue weighted by Gasteiger charge is -2.37. The molecule has 7 rings (SSSR count). The highest BCUT2D eigenvalue weighted by molar-refractivity contribution is 6.33. The number of hydrogen-bond acceptors (Lipinski definition) is 4. The van der Waals surface area contributed by atoms with Crippen LogP contribution in [0.3, 0.4) is 0 Å². The Labute approximate surface area is 241 Å². The summed E-state index contributed by atoms with van der Waals surface area (Å²) in [5, 5.41) is 1.09.